The Labute approximate surface area is 255 Å². The predicted octanol–water partition coefficient (Wildman–Crippen LogP) is 4.34. The Morgan fingerprint density at radius 1 is 1.09 bits per heavy atom. The molecule has 3 amide bonds. The molecule has 0 radical (unpaired) electrons. The summed E-state index contributed by atoms with van der Waals surface area (Å²) in [5.74, 6) is -1.17. The van der Waals surface area contributed by atoms with Gasteiger partial charge in [0.05, 0.1) is 24.9 Å². The van der Waals surface area contributed by atoms with Crippen LogP contribution in [0.1, 0.15) is 42.0 Å². The van der Waals surface area contributed by atoms with Crippen molar-refractivity contribution in [3.63, 3.8) is 0 Å². The molecule has 3 aromatic rings. The maximum atomic E-state index is 13.9. The summed E-state index contributed by atoms with van der Waals surface area (Å²) in [6.07, 6.45) is 4.62. The van der Waals surface area contributed by atoms with Crippen molar-refractivity contribution in [2.75, 3.05) is 23.0 Å². The second-order valence-corrected chi connectivity index (χ2v) is 12.0. The molecule has 222 valence electrons. The maximum Gasteiger partial charge on any atom is 0.264 e. The third kappa shape index (κ3) is 5.24. The van der Waals surface area contributed by atoms with E-state index in [1.807, 2.05) is 48.5 Å². The number of rotatable bonds is 8. The van der Waals surface area contributed by atoms with E-state index in [1.165, 1.54) is 0 Å². The van der Waals surface area contributed by atoms with Gasteiger partial charge in [-0.1, -0.05) is 67.1 Å². The van der Waals surface area contributed by atoms with Gasteiger partial charge in [-0.25, -0.2) is 0 Å². The monoisotopic (exact) mass is 599 g/mol. The van der Waals surface area contributed by atoms with Crippen LogP contribution >= 0.6 is 11.6 Å². The molecule has 3 aliphatic heterocycles. The Kier molecular flexibility index (Phi) is 7.85. The molecule has 0 saturated carbocycles. The summed E-state index contributed by atoms with van der Waals surface area (Å²) in [4.78, 5) is 43.9. The molecule has 9 heteroatoms. The van der Waals surface area contributed by atoms with Crippen LogP contribution in [0.4, 0.5) is 11.4 Å². The molecule has 0 aromatic heterocycles. The highest BCUT2D eigenvalue weighted by atomic mass is 35.5. The zero-order valence-electron chi connectivity index (χ0n) is 23.9. The molecule has 0 spiro atoms. The normalized spacial score (nSPS) is 22.0. The molecular weight excluding hydrogens is 566 g/mol. The smallest absolute Gasteiger partial charge is 0.264 e. The fourth-order valence-corrected chi connectivity index (χ4v) is 6.47. The molecule has 1 saturated heterocycles. The zero-order chi connectivity index (χ0) is 30.3. The van der Waals surface area contributed by atoms with Crippen molar-refractivity contribution < 1.29 is 24.6 Å². The molecule has 3 aromatic carbocycles. The van der Waals surface area contributed by atoms with Crippen LogP contribution < -0.4 is 9.80 Å². The molecular formula is C34H34ClN3O5. The maximum absolute atomic E-state index is 13.9. The van der Waals surface area contributed by atoms with E-state index >= 15 is 0 Å². The zero-order valence-corrected chi connectivity index (χ0v) is 24.7. The quantitative estimate of drug-likeness (QED) is 0.296. The number of anilines is 2. The minimum Gasteiger partial charge on any atom is -0.394 e. The average molecular weight is 600 g/mol. The molecule has 6 rings (SSSR count). The third-order valence-corrected chi connectivity index (χ3v) is 9.17. The molecule has 2 N–H and O–H groups in total. The summed E-state index contributed by atoms with van der Waals surface area (Å²) >= 11 is 6.32. The standard InChI is InChI=1S/C34H34ClN3O5/c1-22(5-4-8-31(40)37-20-25-7-3-2-6-24(25)17-28(37)21-39)34(43)29-18-26(35)11-14-30(29)38(33(34)42)19-23-9-12-27(13-10-23)36-16-15-32(36)41/h2-7,9-14,18,22,28,39,43H,8,15-17,19-21H2,1H3/b5-4+/t22-,28+,34+/m1/s1. The van der Waals surface area contributed by atoms with Gasteiger partial charge in [0, 0.05) is 48.1 Å². The number of carbonyl (C=O) groups is 3. The number of hydrogen-bond donors (Lipinski definition) is 2. The highest BCUT2D eigenvalue weighted by molar-refractivity contribution is 6.31. The van der Waals surface area contributed by atoms with Gasteiger partial charge in [-0.05, 0) is 53.4 Å². The molecule has 3 heterocycles. The third-order valence-electron chi connectivity index (χ3n) is 8.93. The van der Waals surface area contributed by atoms with Crippen molar-refractivity contribution in [1.82, 2.24) is 4.90 Å². The highest BCUT2D eigenvalue weighted by Gasteiger charge is 2.52. The van der Waals surface area contributed by atoms with Crippen LogP contribution in [-0.2, 0) is 39.5 Å². The minimum atomic E-state index is -1.87. The van der Waals surface area contributed by atoms with Crippen LogP contribution in [0.15, 0.2) is 78.9 Å². The van der Waals surface area contributed by atoms with Crippen LogP contribution in [0.5, 0.6) is 0 Å². The average Bonchev–Trinajstić information content (AvgIpc) is 3.22. The second kappa shape index (κ2) is 11.6. The number of β-lactam (4-membered cyclic amide) rings is 1. The van der Waals surface area contributed by atoms with Gasteiger partial charge in [0.15, 0.2) is 5.60 Å². The lowest BCUT2D eigenvalue weighted by molar-refractivity contribution is -0.139. The fourth-order valence-electron chi connectivity index (χ4n) is 6.30. The first-order valence-corrected chi connectivity index (χ1v) is 15.0. The number of benzene rings is 3. The van der Waals surface area contributed by atoms with Crippen molar-refractivity contribution in [1.29, 1.82) is 0 Å². The van der Waals surface area contributed by atoms with E-state index in [0.29, 0.717) is 42.2 Å². The van der Waals surface area contributed by atoms with Crippen molar-refractivity contribution >= 4 is 40.7 Å². The van der Waals surface area contributed by atoms with E-state index in [0.717, 1.165) is 22.4 Å². The summed E-state index contributed by atoms with van der Waals surface area (Å²) in [5, 5.41) is 22.3. The Bertz CT molecular complexity index is 1610. The van der Waals surface area contributed by atoms with E-state index in [2.05, 4.69) is 0 Å². The van der Waals surface area contributed by atoms with Gasteiger partial charge in [-0.2, -0.15) is 0 Å². The van der Waals surface area contributed by atoms with Gasteiger partial charge in [0.1, 0.15) is 0 Å². The van der Waals surface area contributed by atoms with E-state index in [9.17, 15) is 24.6 Å². The number of aliphatic hydroxyl groups excluding tert-OH is 1. The summed E-state index contributed by atoms with van der Waals surface area (Å²) in [7, 11) is 0. The first-order chi connectivity index (χ1) is 20.7. The van der Waals surface area contributed by atoms with Crippen molar-refractivity contribution in [2.45, 2.75) is 50.9 Å². The number of aliphatic hydroxyl groups is 2. The lowest BCUT2D eigenvalue weighted by Gasteiger charge is -2.36. The lowest BCUT2D eigenvalue weighted by atomic mass is 9.83. The molecule has 0 aliphatic carbocycles. The largest absolute Gasteiger partial charge is 0.394 e. The molecule has 0 bridgehead atoms. The minimum absolute atomic E-state index is 0.0747. The van der Waals surface area contributed by atoms with Gasteiger partial charge in [0.2, 0.25) is 11.8 Å². The molecule has 0 unspecified atom stereocenters. The lowest BCUT2D eigenvalue weighted by Crippen LogP contribution is -2.46. The first-order valence-electron chi connectivity index (χ1n) is 14.6. The van der Waals surface area contributed by atoms with Crippen LogP contribution in [0, 0.1) is 5.92 Å². The Hall–Kier alpha value is -3.98. The van der Waals surface area contributed by atoms with Crippen molar-refractivity contribution in [2.24, 2.45) is 5.92 Å². The van der Waals surface area contributed by atoms with E-state index in [4.69, 9.17) is 11.6 Å². The molecule has 1 fully saturated rings. The Morgan fingerprint density at radius 3 is 2.51 bits per heavy atom. The summed E-state index contributed by atoms with van der Waals surface area (Å²) in [6, 6.07) is 20.2. The van der Waals surface area contributed by atoms with Gasteiger partial charge in [-0.15, -0.1) is 0 Å². The Balaban J connectivity index is 1.18. The number of nitrogens with zero attached hydrogens (tertiary/aromatic N) is 3. The van der Waals surface area contributed by atoms with E-state index in [-0.39, 0.29) is 37.4 Å². The Morgan fingerprint density at radius 2 is 1.84 bits per heavy atom. The van der Waals surface area contributed by atoms with Gasteiger partial charge in [0.25, 0.3) is 5.91 Å². The molecule has 3 atom stereocenters. The first kappa shape index (κ1) is 29.1. The molecule has 43 heavy (non-hydrogen) atoms. The van der Waals surface area contributed by atoms with Crippen LogP contribution in [-0.4, -0.2) is 52.0 Å². The summed E-state index contributed by atoms with van der Waals surface area (Å²) < 4.78 is 0. The fraction of sp³-hybridized carbons (Fsp3) is 0.324. The van der Waals surface area contributed by atoms with Crippen molar-refractivity contribution in [3.05, 3.63) is 106 Å². The number of fused-ring (bicyclic) bond motifs is 2. The number of amides is 3. The summed E-state index contributed by atoms with van der Waals surface area (Å²) in [5.41, 5.74) is 3.01. The topological polar surface area (TPSA) is 101 Å². The number of hydrogen-bond acceptors (Lipinski definition) is 5. The molecule has 3 aliphatic rings. The summed E-state index contributed by atoms with van der Waals surface area (Å²) in [6.45, 7) is 3.00. The SMILES string of the molecule is C[C@H](/C=C/CC(=O)N1Cc2ccccc2C[C@H]1CO)[C@@]1(O)C(=O)N(Cc2ccc(N3CCC3=O)cc2)c2ccc(Cl)cc21. The second-order valence-electron chi connectivity index (χ2n) is 11.5. The predicted molar refractivity (Wildman–Crippen MR) is 164 cm³/mol. The number of carbonyl (C=O) groups excluding carboxylic acids is 3. The van der Waals surface area contributed by atoms with Gasteiger partial charge in [-0.3, -0.25) is 14.4 Å². The van der Waals surface area contributed by atoms with Gasteiger partial charge < -0.3 is 24.9 Å². The van der Waals surface area contributed by atoms with Crippen LogP contribution in [0.3, 0.4) is 0 Å². The van der Waals surface area contributed by atoms with E-state index < -0.39 is 17.4 Å². The number of halogens is 1. The van der Waals surface area contributed by atoms with E-state index in [1.54, 1.807) is 52.0 Å². The van der Waals surface area contributed by atoms with Crippen molar-refractivity contribution in [3.8, 4) is 0 Å². The van der Waals surface area contributed by atoms with Crippen LogP contribution in [0.25, 0.3) is 0 Å². The van der Waals surface area contributed by atoms with Crippen LogP contribution in [0.2, 0.25) is 5.02 Å². The molecule has 8 nitrogen and oxygen atoms in total. The van der Waals surface area contributed by atoms with Gasteiger partial charge >= 0.3 is 0 Å². The highest BCUT2D eigenvalue weighted by Crippen LogP contribution is 2.46.